The van der Waals surface area contributed by atoms with E-state index in [0.29, 0.717) is 5.41 Å². The summed E-state index contributed by atoms with van der Waals surface area (Å²) in [6.45, 7) is 6.71. The third-order valence-electron chi connectivity index (χ3n) is 2.22. The Morgan fingerprint density at radius 3 is 2.57 bits per heavy atom. The summed E-state index contributed by atoms with van der Waals surface area (Å²) in [4.78, 5) is 0. The van der Waals surface area contributed by atoms with Gasteiger partial charge in [0.15, 0.2) is 0 Å². The minimum absolute atomic E-state index is 0.364. The van der Waals surface area contributed by atoms with Gasteiger partial charge >= 0.3 is 0 Å². The van der Waals surface area contributed by atoms with Gasteiger partial charge in [0, 0.05) is 0 Å². The number of benzene rings is 1. The Hall–Kier alpha value is -1.29. The summed E-state index contributed by atoms with van der Waals surface area (Å²) in [5.41, 5.74) is 2.39. The highest BCUT2D eigenvalue weighted by Crippen LogP contribution is 2.21. The van der Waals surface area contributed by atoms with E-state index in [1.165, 1.54) is 5.56 Å². The van der Waals surface area contributed by atoms with Gasteiger partial charge in [-0.05, 0) is 36.0 Å². The van der Waals surface area contributed by atoms with E-state index in [2.05, 4.69) is 32.9 Å². The van der Waals surface area contributed by atoms with Crippen LogP contribution in [-0.2, 0) is 6.42 Å². The molecule has 0 N–H and O–H groups in total. The van der Waals surface area contributed by atoms with Crippen LogP contribution in [0.25, 0.3) is 0 Å². The second-order valence-corrected chi connectivity index (χ2v) is 4.87. The van der Waals surface area contributed by atoms with E-state index in [9.17, 15) is 0 Å². The van der Waals surface area contributed by atoms with Crippen LogP contribution in [0.2, 0.25) is 0 Å². The standard InChI is InChI=1S/C13H17N/c1-13(2,3)8-7-11-5-4-6-12(9-11)10-14/h4-6,9H,7-8H2,1-3H3. The molecule has 0 heterocycles. The van der Waals surface area contributed by atoms with Gasteiger partial charge in [-0.25, -0.2) is 0 Å². The van der Waals surface area contributed by atoms with Gasteiger partial charge in [0.1, 0.15) is 0 Å². The lowest BCUT2D eigenvalue weighted by molar-refractivity contribution is 0.378. The van der Waals surface area contributed by atoms with Crippen LogP contribution in [-0.4, -0.2) is 0 Å². The topological polar surface area (TPSA) is 23.8 Å². The molecular weight excluding hydrogens is 170 g/mol. The summed E-state index contributed by atoms with van der Waals surface area (Å²) in [6, 6.07) is 10.0. The molecular formula is C13H17N. The van der Waals surface area contributed by atoms with Crippen molar-refractivity contribution in [2.75, 3.05) is 0 Å². The molecule has 0 fully saturated rings. The zero-order valence-corrected chi connectivity index (χ0v) is 9.17. The van der Waals surface area contributed by atoms with Crippen molar-refractivity contribution in [2.24, 2.45) is 5.41 Å². The highest BCUT2D eigenvalue weighted by molar-refractivity contribution is 5.32. The molecule has 1 nitrogen and oxygen atoms in total. The lowest BCUT2D eigenvalue weighted by atomic mass is 9.88. The van der Waals surface area contributed by atoms with Crippen molar-refractivity contribution in [3.63, 3.8) is 0 Å². The second kappa shape index (κ2) is 4.28. The van der Waals surface area contributed by atoms with Crippen LogP contribution < -0.4 is 0 Å². The van der Waals surface area contributed by atoms with E-state index in [4.69, 9.17) is 5.26 Å². The van der Waals surface area contributed by atoms with Crippen molar-refractivity contribution < 1.29 is 0 Å². The number of hydrogen-bond acceptors (Lipinski definition) is 1. The van der Waals surface area contributed by atoms with Gasteiger partial charge in [0.05, 0.1) is 11.6 Å². The third-order valence-corrected chi connectivity index (χ3v) is 2.22. The van der Waals surface area contributed by atoms with E-state index in [0.717, 1.165) is 18.4 Å². The zero-order chi connectivity index (χ0) is 10.6. The highest BCUT2D eigenvalue weighted by Gasteiger charge is 2.09. The summed E-state index contributed by atoms with van der Waals surface area (Å²) in [5.74, 6) is 0. The Morgan fingerprint density at radius 1 is 1.29 bits per heavy atom. The Morgan fingerprint density at radius 2 is 2.00 bits per heavy atom. The lowest BCUT2D eigenvalue weighted by Gasteiger charge is -2.17. The van der Waals surface area contributed by atoms with E-state index >= 15 is 0 Å². The first-order chi connectivity index (χ1) is 6.51. The summed E-state index contributed by atoms with van der Waals surface area (Å²) in [6.07, 6.45) is 2.21. The molecule has 0 aliphatic heterocycles. The van der Waals surface area contributed by atoms with Crippen LogP contribution >= 0.6 is 0 Å². The second-order valence-electron chi connectivity index (χ2n) is 4.87. The maximum absolute atomic E-state index is 8.74. The Balaban J connectivity index is 2.65. The Kier molecular flexibility index (Phi) is 3.30. The fourth-order valence-corrected chi connectivity index (χ4v) is 1.32. The average molecular weight is 187 g/mol. The molecule has 0 saturated carbocycles. The lowest BCUT2D eigenvalue weighted by Crippen LogP contribution is -2.06. The van der Waals surface area contributed by atoms with Gasteiger partial charge in [-0.3, -0.25) is 0 Å². The minimum Gasteiger partial charge on any atom is -0.192 e. The Bertz CT molecular complexity index is 339. The van der Waals surface area contributed by atoms with E-state index in [1.807, 2.05) is 18.2 Å². The molecule has 0 unspecified atom stereocenters. The SMILES string of the molecule is CC(C)(C)CCc1cccc(C#N)c1. The molecule has 0 aliphatic rings. The molecule has 0 aliphatic carbocycles. The van der Waals surface area contributed by atoms with Crippen LogP contribution in [0.1, 0.15) is 38.3 Å². The largest absolute Gasteiger partial charge is 0.192 e. The van der Waals surface area contributed by atoms with Gasteiger partial charge in [-0.15, -0.1) is 0 Å². The fraction of sp³-hybridized carbons (Fsp3) is 0.462. The van der Waals surface area contributed by atoms with Gasteiger partial charge in [-0.1, -0.05) is 32.9 Å². The van der Waals surface area contributed by atoms with Gasteiger partial charge < -0.3 is 0 Å². The molecule has 0 radical (unpaired) electrons. The maximum Gasteiger partial charge on any atom is 0.0991 e. The average Bonchev–Trinajstić information content (AvgIpc) is 2.14. The van der Waals surface area contributed by atoms with Crippen molar-refractivity contribution >= 4 is 0 Å². The molecule has 0 aromatic heterocycles. The van der Waals surface area contributed by atoms with Crippen molar-refractivity contribution in [1.29, 1.82) is 5.26 Å². The van der Waals surface area contributed by atoms with Crippen molar-refractivity contribution in [1.82, 2.24) is 0 Å². The molecule has 14 heavy (non-hydrogen) atoms. The summed E-state index contributed by atoms with van der Waals surface area (Å²) in [5, 5.41) is 8.74. The Labute approximate surface area is 86.4 Å². The number of nitriles is 1. The quantitative estimate of drug-likeness (QED) is 0.694. The first kappa shape index (κ1) is 10.8. The van der Waals surface area contributed by atoms with Gasteiger partial charge in [-0.2, -0.15) is 5.26 Å². The summed E-state index contributed by atoms with van der Waals surface area (Å²) in [7, 11) is 0. The van der Waals surface area contributed by atoms with E-state index in [-0.39, 0.29) is 0 Å². The molecule has 1 aromatic carbocycles. The van der Waals surface area contributed by atoms with Crippen LogP contribution in [0.4, 0.5) is 0 Å². The van der Waals surface area contributed by atoms with Gasteiger partial charge in [0.2, 0.25) is 0 Å². The first-order valence-corrected chi connectivity index (χ1v) is 5.00. The maximum atomic E-state index is 8.74. The molecule has 74 valence electrons. The fourth-order valence-electron chi connectivity index (χ4n) is 1.32. The highest BCUT2D eigenvalue weighted by atomic mass is 14.2. The predicted molar refractivity (Wildman–Crippen MR) is 58.9 cm³/mol. The number of rotatable bonds is 2. The smallest absolute Gasteiger partial charge is 0.0991 e. The van der Waals surface area contributed by atoms with Gasteiger partial charge in [0.25, 0.3) is 0 Å². The number of aryl methyl sites for hydroxylation is 1. The van der Waals surface area contributed by atoms with Crippen LogP contribution in [0, 0.1) is 16.7 Å². The van der Waals surface area contributed by atoms with E-state index in [1.54, 1.807) is 0 Å². The monoisotopic (exact) mass is 187 g/mol. The van der Waals surface area contributed by atoms with Crippen molar-refractivity contribution in [2.45, 2.75) is 33.6 Å². The molecule has 1 aromatic rings. The molecule has 0 atom stereocenters. The zero-order valence-electron chi connectivity index (χ0n) is 9.17. The first-order valence-electron chi connectivity index (χ1n) is 5.00. The number of hydrogen-bond donors (Lipinski definition) is 0. The molecule has 0 amide bonds. The van der Waals surface area contributed by atoms with Crippen LogP contribution in [0.5, 0.6) is 0 Å². The molecule has 0 spiro atoms. The van der Waals surface area contributed by atoms with E-state index < -0.39 is 0 Å². The molecule has 1 rings (SSSR count). The van der Waals surface area contributed by atoms with Crippen molar-refractivity contribution in [3.8, 4) is 6.07 Å². The minimum atomic E-state index is 0.364. The summed E-state index contributed by atoms with van der Waals surface area (Å²) < 4.78 is 0. The molecule has 0 saturated heterocycles. The van der Waals surface area contributed by atoms with Crippen LogP contribution in [0.3, 0.4) is 0 Å². The van der Waals surface area contributed by atoms with Crippen molar-refractivity contribution in [3.05, 3.63) is 35.4 Å². The molecule has 0 bridgehead atoms. The normalized spacial score (nSPS) is 11.0. The summed E-state index contributed by atoms with van der Waals surface area (Å²) >= 11 is 0. The van der Waals surface area contributed by atoms with Crippen LogP contribution in [0.15, 0.2) is 24.3 Å². The predicted octanol–water partition coefficient (Wildman–Crippen LogP) is 3.54. The molecule has 1 heteroatoms. The third kappa shape index (κ3) is 3.62. The number of nitrogens with zero attached hydrogens (tertiary/aromatic N) is 1.